The van der Waals surface area contributed by atoms with Crippen molar-refractivity contribution in [3.8, 4) is 0 Å². The number of aliphatic hydroxyl groups is 1. The summed E-state index contributed by atoms with van der Waals surface area (Å²) in [6, 6.07) is 3.71. The van der Waals surface area contributed by atoms with Gasteiger partial charge in [-0.1, -0.05) is 31.5 Å². The van der Waals surface area contributed by atoms with E-state index in [2.05, 4.69) is 0 Å². The Kier molecular flexibility index (Phi) is 4.99. The van der Waals surface area contributed by atoms with Crippen LogP contribution in [0.4, 0.5) is 0 Å². The van der Waals surface area contributed by atoms with Crippen molar-refractivity contribution in [1.82, 2.24) is 0 Å². The predicted molar refractivity (Wildman–Crippen MR) is 76.5 cm³/mol. The van der Waals surface area contributed by atoms with E-state index in [0.29, 0.717) is 17.0 Å². The van der Waals surface area contributed by atoms with Crippen LogP contribution < -0.4 is 0 Å². The monoisotopic (exact) mass is 284 g/mol. The summed E-state index contributed by atoms with van der Waals surface area (Å²) in [5, 5.41) is 19.7. The van der Waals surface area contributed by atoms with Gasteiger partial charge in [0.1, 0.15) is 0 Å². The number of aryl methyl sites for hydroxylation is 2. The van der Waals surface area contributed by atoms with Gasteiger partial charge in [0.25, 0.3) is 0 Å². The van der Waals surface area contributed by atoms with Crippen molar-refractivity contribution in [2.45, 2.75) is 46.6 Å². The zero-order chi connectivity index (χ0) is 14.8. The SMILES string of the molecule is Cc1cc(Cl)c(C(O)CC(C)(C)CC(=O)O)cc1C. The average molecular weight is 285 g/mol. The molecule has 0 aliphatic heterocycles. The fraction of sp³-hybridized carbons (Fsp3) is 0.533. The van der Waals surface area contributed by atoms with E-state index < -0.39 is 17.5 Å². The van der Waals surface area contributed by atoms with E-state index in [1.54, 1.807) is 0 Å². The molecule has 0 spiro atoms. The van der Waals surface area contributed by atoms with Gasteiger partial charge in [-0.15, -0.1) is 0 Å². The normalized spacial score (nSPS) is 13.4. The van der Waals surface area contributed by atoms with Gasteiger partial charge < -0.3 is 10.2 Å². The molecule has 1 aromatic rings. The van der Waals surface area contributed by atoms with Crippen molar-refractivity contribution >= 4 is 17.6 Å². The Morgan fingerprint density at radius 1 is 1.32 bits per heavy atom. The highest BCUT2D eigenvalue weighted by Gasteiger charge is 2.27. The van der Waals surface area contributed by atoms with Crippen molar-refractivity contribution in [1.29, 1.82) is 0 Å². The molecular weight excluding hydrogens is 264 g/mol. The highest BCUT2D eigenvalue weighted by atomic mass is 35.5. The van der Waals surface area contributed by atoms with E-state index in [1.807, 2.05) is 39.8 Å². The number of rotatable bonds is 5. The zero-order valence-electron chi connectivity index (χ0n) is 11.8. The molecule has 0 fully saturated rings. The molecule has 0 aliphatic carbocycles. The Balaban J connectivity index is 2.92. The van der Waals surface area contributed by atoms with Crippen LogP contribution in [0.2, 0.25) is 5.02 Å². The molecule has 0 aromatic heterocycles. The summed E-state index contributed by atoms with van der Waals surface area (Å²) in [5.74, 6) is -0.858. The van der Waals surface area contributed by atoms with Gasteiger partial charge in [-0.2, -0.15) is 0 Å². The number of carboxylic acids is 1. The molecular formula is C15H21ClO3. The molecule has 1 aromatic carbocycles. The van der Waals surface area contributed by atoms with E-state index in [4.69, 9.17) is 16.7 Å². The van der Waals surface area contributed by atoms with Crippen molar-refractivity contribution in [2.75, 3.05) is 0 Å². The fourth-order valence-electron chi connectivity index (χ4n) is 2.17. The maximum absolute atomic E-state index is 10.8. The third kappa shape index (κ3) is 4.51. The summed E-state index contributed by atoms with van der Waals surface area (Å²) in [7, 11) is 0. The number of hydrogen-bond donors (Lipinski definition) is 2. The summed E-state index contributed by atoms with van der Waals surface area (Å²) in [6.45, 7) is 7.59. The van der Waals surface area contributed by atoms with Gasteiger partial charge >= 0.3 is 5.97 Å². The predicted octanol–water partition coefficient (Wildman–Crippen LogP) is 3.88. The largest absolute Gasteiger partial charge is 0.481 e. The summed E-state index contributed by atoms with van der Waals surface area (Å²) in [5.41, 5.74) is 2.33. The summed E-state index contributed by atoms with van der Waals surface area (Å²) < 4.78 is 0. The lowest BCUT2D eigenvalue weighted by Crippen LogP contribution is -2.20. The minimum absolute atomic E-state index is 0.0204. The second-order valence-corrected chi connectivity index (χ2v) is 6.32. The van der Waals surface area contributed by atoms with Crippen LogP contribution in [0.1, 0.15) is 49.5 Å². The molecule has 0 amide bonds. The van der Waals surface area contributed by atoms with Crippen LogP contribution in [0, 0.1) is 19.3 Å². The molecule has 0 aliphatic rings. The second-order valence-electron chi connectivity index (χ2n) is 5.91. The summed E-state index contributed by atoms with van der Waals surface area (Å²) >= 11 is 6.15. The number of hydrogen-bond acceptors (Lipinski definition) is 2. The van der Waals surface area contributed by atoms with Gasteiger partial charge in [-0.05, 0) is 48.4 Å². The Bertz CT molecular complexity index is 481. The van der Waals surface area contributed by atoms with Crippen LogP contribution >= 0.6 is 11.6 Å². The number of aliphatic carboxylic acids is 1. The standard InChI is InChI=1S/C15H21ClO3/c1-9-5-11(12(16)6-10(9)2)13(17)7-15(3,4)8-14(18)19/h5-6,13,17H,7-8H2,1-4H3,(H,18,19). The zero-order valence-corrected chi connectivity index (χ0v) is 12.6. The van der Waals surface area contributed by atoms with Gasteiger partial charge in [0.15, 0.2) is 0 Å². The van der Waals surface area contributed by atoms with Crippen LogP contribution in [-0.2, 0) is 4.79 Å². The molecule has 3 nitrogen and oxygen atoms in total. The van der Waals surface area contributed by atoms with Crippen LogP contribution in [-0.4, -0.2) is 16.2 Å². The molecule has 0 radical (unpaired) electrons. The molecule has 2 N–H and O–H groups in total. The van der Waals surface area contributed by atoms with E-state index in [0.717, 1.165) is 11.1 Å². The van der Waals surface area contributed by atoms with Gasteiger partial charge in [0.2, 0.25) is 0 Å². The number of benzene rings is 1. The van der Waals surface area contributed by atoms with Gasteiger partial charge in [0.05, 0.1) is 12.5 Å². The quantitative estimate of drug-likeness (QED) is 0.862. The molecule has 0 bridgehead atoms. The highest BCUT2D eigenvalue weighted by molar-refractivity contribution is 6.31. The fourth-order valence-corrected chi connectivity index (χ4v) is 2.52. The van der Waals surface area contributed by atoms with E-state index in [1.165, 1.54) is 0 Å². The first-order chi connectivity index (χ1) is 8.62. The Hall–Kier alpha value is -1.06. The molecule has 1 rings (SSSR count). The van der Waals surface area contributed by atoms with Crippen molar-refractivity contribution in [3.05, 3.63) is 33.8 Å². The van der Waals surface area contributed by atoms with Gasteiger partial charge in [-0.25, -0.2) is 0 Å². The first kappa shape index (κ1) is 16.0. The molecule has 106 valence electrons. The van der Waals surface area contributed by atoms with Crippen LogP contribution in [0.3, 0.4) is 0 Å². The molecule has 4 heteroatoms. The molecule has 0 saturated heterocycles. The highest BCUT2D eigenvalue weighted by Crippen LogP contribution is 2.36. The number of halogens is 1. The third-order valence-electron chi connectivity index (χ3n) is 3.35. The van der Waals surface area contributed by atoms with Crippen molar-refractivity contribution in [2.24, 2.45) is 5.41 Å². The lowest BCUT2D eigenvalue weighted by atomic mass is 9.81. The van der Waals surface area contributed by atoms with E-state index in [-0.39, 0.29) is 6.42 Å². The Morgan fingerprint density at radius 3 is 2.37 bits per heavy atom. The lowest BCUT2D eigenvalue weighted by Gasteiger charge is -2.26. The number of carbonyl (C=O) groups is 1. The lowest BCUT2D eigenvalue weighted by molar-refractivity contribution is -0.139. The molecule has 1 atom stereocenters. The smallest absolute Gasteiger partial charge is 0.303 e. The van der Waals surface area contributed by atoms with Crippen molar-refractivity contribution < 1.29 is 15.0 Å². The first-order valence-corrected chi connectivity index (χ1v) is 6.67. The third-order valence-corrected chi connectivity index (χ3v) is 3.68. The average Bonchev–Trinajstić information content (AvgIpc) is 2.20. The number of carboxylic acid groups (broad SMARTS) is 1. The molecule has 1 unspecified atom stereocenters. The molecule has 0 heterocycles. The van der Waals surface area contributed by atoms with E-state index >= 15 is 0 Å². The molecule has 19 heavy (non-hydrogen) atoms. The van der Waals surface area contributed by atoms with Crippen LogP contribution in [0.5, 0.6) is 0 Å². The second kappa shape index (κ2) is 5.93. The van der Waals surface area contributed by atoms with E-state index in [9.17, 15) is 9.90 Å². The van der Waals surface area contributed by atoms with Gasteiger partial charge in [-0.3, -0.25) is 4.79 Å². The number of aliphatic hydroxyl groups excluding tert-OH is 1. The summed E-state index contributed by atoms with van der Waals surface area (Å²) in [6.07, 6.45) is -0.366. The Labute approximate surface area is 119 Å². The minimum atomic E-state index is -0.858. The first-order valence-electron chi connectivity index (χ1n) is 6.29. The molecule has 0 saturated carbocycles. The van der Waals surface area contributed by atoms with Crippen LogP contribution in [0.15, 0.2) is 12.1 Å². The summed E-state index contributed by atoms with van der Waals surface area (Å²) in [4.78, 5) is 10.8. The topological polar surface area (TPSA) is 57.5 Å². The Morgan fingerprint density at radius 2 is 1.84 bits per heavy atom. The van der Waals surface area contributed by atoms with Gasteiger partial charge in [0, 0.05) is 5.02 Å². The van der Waals surface area contributed by atoms with Crippen molar-refractivity contribution in [3.63, 3.8) is 0 Å². The van der Waals surface area contributed by atoms with Crippen LogP contribution in [0.25, 0.3) is 0 Å². The maximum Gasteiger partial charge on any atom is 0.303 e. The maximum atomic E-state index is 10.8. The minimum Gasteiger partial charge on any atom is -0.481 e.